The molecule has 1 N–H and O–H groups in total. The molecule has 23 heavy (non-hydrogen) atoms. The summed E-state index contributed by atoms with van der Waals surface area (Å²) in [4.78, 5) is 14.2. The zero-order chi connectivity index (χ0) is 17.7. The van der Waals surface area contributed by atoms with Crippen LogP contribution >= 0.6 is 0 Å². The molecule has 1 aliphatic heterocycles. The number of carbonyl (C=O) groups is 1. The van der Waals surface area contributed by atoms with Crippen LogP contribution in [0.25, 0.3) is 0 Å². The number of rotatable bonds is 5. The Morgan fingerprint density at radius 2 is 1.91 bits per heavy atom. The van der Waals surface area contributed by atoms with Crippen LogP contribution in [0.5, 0.6) is 0 Å². The molecule has 0 aromatic heterocycles. The summed E-state index contributed by atoms with van der Waals surface area (Å²) in [5.74, 6) is 0. The van der Waals surface area contributed by atoms with E-state index in [1.165, 1.54) is 0 Å². The molecule has 1 saturated heterocycles. The number of methoxy groups -OCH3 is 1. The summed E-state index contributed by atoms with van der Waals surface area (Å²) in [6.07, 6.45) is 4.01. The first-order valence-electron chi connectivity index (χ1n) is 8.81. The molecule has 0 spiro atoms. The highest BCUT2D eigenvalue weighted by Gasteiger charge is 2.28. The van der Waals surface area contributed by atoms with Gasteiger partial charge >= 0.3 is 6.09 Å². The molecule has 0 radical (unpaired) electrons. The van der Waals surface area contributed by atoms with Crippen LogP contribution in [-0.2, 0) is 9.47 Å². The molecule has 1 fully saturated rings. The second kappa shape index (κ2) is 8.34. The monoisotopic (exact) mass is 328 g/mol. The number of amides is 1. The first-order chi connectivity index (χ1) is 10.5. The summed E-state index contributed by atoms with van der Waals surface area (Å²) in [7, 11) is 1.75. The lowest BCUT2D eigenvalue weighted by atomic mass is 9.98. The van der Waals surface area contributed by atoms with E-state index in [1.54, 1.807) is 7.11 Å². The van der Waals surface area contributed by atoms with Crippen LogP contribution in [0, 0.1) is 0 Å². The highest BCUT2D eigenvalue weighted by atomic mass is 16.6. The lowest BCUT2D eigenvalue weighted by molar-refractivity contribution is 0.00627. The van der Waals surface area contributed by atoms with Crippen molar-refractivity contribution in [3.63, 3.8) is 0 Å². The van der Waals surface area contributed by atoms with E-state index in [4.69, 9.17) is 9.47 Å². The molecule has 0 aliphatic carbocycles. The largest absolute Gasteiger partial charge is 0.444 e. The summed E-state index contributed by atoms with van der Waals surface area (Å²) < 4.78 is 11.0. The predicted octanol–water partition coefficient (Wildman–Crippen LogP) is 3.57. The quantitative estimate of drug-likeness (QED) is 0.838. The summed E-state index contributed by atoms with van der Waals surface area (Å²) >= 11 is 0. The lowest BCUT2D eigenvalue weighted by Crippen LogP contribution is -2.48. The molecule has 0 aromatic rings. The fraction of sp³-hybridized carbons (Fsp3) is 0.944. The Hall–Kier alpha value is -0.810. The normalized spacial score (nSPS) is 21.7. The van der Waals surface area contributed by atoms with Gasteiger partial charge < -0.3 is 19.7 Å². The highest BCUT2D eigenvalue weighted by Crippen LogP contribution is 2.19. The van der Waals surface area contributed by atoms with E-state index in [2.05, 4.69) is 26.1 Å². The maximum atomic E-state index is 12.3. The van der Waals surface area contributed by atoms with Gasteiger partial charge in [-0.15, -0.1) is 0 Å². The van der Waals surface area contributed by atoms with E-state index in [0.29, 0.717) is 18.6 Å². The highest BCUT2D eigenvalue weighted by molar-refractivity contribution is 5.68. The fourth-order valence-corrected chi connectivity index (χ4v) is 3.05. The molecule has 5 heteroatoms. The second-order valence-electron chi connectivity index (χ2n) is 8.35. The van der Waals surface area contributed by atoms with E-state index >= 15 is 0 Å². The van der Waals surface area contributed by atoms with Crippen molar-refractivity contribution < 1.29 is 14.3 Å². The van der Waals surface area contributed by atoms with Crippen molar-refractivity contribution in [2.45, 2.75) is 90.5 Å². The number of hydrogen-bond acceptors (Lipinski definition) is 4. The van der Waals surface area contributed by atoms with E-state index in [0.717, 1.165) is 32.2 Å². The molecule has 0 aromatic carbocycles. The molecular formula is C18H36N2O3. The van der Waals surface area contributed by atoms with Crippen molar-refractivity contribution in [2.75, 3.05) is 20.2 Å². The number of likely N-dealkylation sites (tertiary alicyclic amines) is 1. The Bertz CT molecular complexity index is 377. The van der Waals surface area contributed by atoms with Gasteiger partial charge in [-0.25, -0.2) is 4.79 Å². The Morgan fingerprint density at radius 3 is 2.48 bits per heavy atom. The predicted molar refractivity (Wildman–Crippen MR) is 93.7 cm³/mol. The van der Waals surface area contributed by atoms with Crippen LogP contribution in [0.15, 0.2) is 0 Å². The Kier molecular flexibility index (Phi) is 7.33. The van der Waals surface area contributed by atoms with Gasteiger partial charge in [0.15, 0.2) is 0 Å². The van der Waals surface area contributed by atoms with Crippen LogP contribution in [-0.4, -0.2) is 54.5 Å². The molecule has 1 amide bonds. The van der Waals surface area contributed by atoms with Crippen molar-refractivity contribution in [3.05, 3.63) is 0 Å². The van der Waals surface area contributed by atoms with Crippen molar-refractivity contribution in [2.24, 2.45) is 0 Å². The minimum Gasteiger partial charge on any atom is -0.444 e. The summed E-state index contributed by atoms with van der Waals surface area (Å²) in [5, 5.41) is 3.67. The lowest BCUT2D eigenvalue weighted by Gasteiger charge is -2.32. The van der Waals surface area contributed by atoms with Gasteiger partial charge in [0.25, 0.3) is 0 Å². The molecule has 2 atom stereocenters. The Morgan fingerprint density at radius 1 is 1.26 bits per heavy atom. The van der Waals surface area contributed by atoms with Gasteiger partial charge in [-0.05, 0) is 60.8 Å². The number of ether oxygens (including phenoxy) is 2. The van der Waals surface area contributed by atoms with Gasteiger partial charge in [-0.3, -0.25) is 0 Å². The van der Waals surface area contributed by atoms with Gasteiger partial charge in [0.2, 0.25) is 0 Å². The average molecular weight is 328 g/mol. The topological polar surface area (TPSA) is 50.8 Å². The van der Waals surface area contributed by atoms with Crippen molar-refractivity contribution in [3.8, 4) is 0 Å². The molecule has 1 heterocycles. The smallest absolute Gasteiger partial charge is 0.410 e. The molecule has 136 valence electrons. The molecule has 0 saturated carbocycles. The van der Waals surface area contributed by atoms with E-state index < -0.39 is 5.60 Å². The van der Waals surface area contributed by atoms with Crippen LogP contribution in [0.2, 0.25) is 0 Å². The van der Waals surface area contributed by atoms with Gasteiger partial charge in [0, 0.05) is 32.3 Å². The maximum absolute atomic E-state index is 12.3. The number of carbonyl (C=O) groups excluding carboxylic acids is 1. The molecular weight excluding hydrogens is 292 g/mol. The first kappa shape index (κ1) is 20.2. The van der Waals surface area contributed by atoms with Gasteiger partial charge in [0.05, 0.1) is 5.60 Å². The van der Waals surface area contributed by atoms with Crippen molar-refractivity contribution >= 4 is 6.09 Å². The third-order valence-electron chi connectivity index (χ3n) is 4.19. The fourth-order valence-electron chi connectivity index (χ4n) is 3.05. The molecule has 1 rings (SSSR count). The minimum absolute atomic E-state index is 0.137. The standard InChI is InChI=1S/C18H36N2O3/c1-14(12-18(5,6)22-7)19-15-10-8-9-11-20(13-15)16(21)23-17(2,3)4/h14-15,19H,8-13H2,1-7H3. The zero-order valence-corrected chi connectivity index (χ0v) is 16.1. The summed E-state index contributed by atoms with van der Waals surface area (Å²) in [6.45, 7) is 13.6. The SMILES string of the molecule is COC(C)(C)CC(C)NC1CCCCN(C(=O)OC(C)(C)C)C1. The van der Waals surface area contributed by atoms with Crippen LogP contribution in [0.1, 0.15) is 67.2 Å². The molecule has 1 aliphatic rings. The Labute approximate surface area is 142 Å². The van der Waals surface area contributed by atoms with Gasteiger partial charge in [0.1, 0.15) is 5.60 Å². The van der Waals surface area contributed by atoms with Gasteiger partial charge in [-0.2, -0.15) is 0 Å². The number of nitrogens with zero attached hydrogens (tertiary/aromatic N) is 1. The third kappa shape index (κ3) is 8.02. The average Bonchev–Trinajstić information content (AvgIpc) is 2.61. The van der Waals surface area contributed by atoms with Crippen molar-refractivity contribution in [1.29, 1.82) is 0 Å². The molecule has 2 unspecified atom stereocenters. The third-order valence-corrected chi connectivity index (χ3v) is 4.19. The van der Waals surface area contributed by atoms with Crippen LogP contribution in [0.3, 0.4) is 0 Å². The second-order valence-corrected chi connectivity index (χ2v) is 8.35. The van der Waals surface area contributed by atoms with E-state index in [9.17, 15) is 4.79 Å². The maximum Gasteiger partial charge on any atom is 0.410 e. The van der Waals surface area contributed by atoms with E-state index in [1.807, 2.05) is 25.7 Å². The molecule has 5 nitrogen and oxygen atoms in total. The van der Waals surface area contributed by atoms with Crippen LogP contribution in [0.4, 0.5) is 4.79 Å². The number of hydrogen-bond donors (Lipinski definition) is 1. The summed E-state index contributed by atoms with van der Waals surface area (Å²) in [5.41, 5.74) is -0.579. The van der Waals surface area contributed by atoms with E-state index in [-0.39, 0.29) is 11.7 Å². The Balaban J connectivity index is 2.57. The minimum atomic E-state index is -0.442. The van der Waals surface area contributed by atoms with Crippen molar-refractivity contribution in [1.82, 2.24) is 10.2 Å². The molecule has 0 bridgehead atoms. The summed E-state index contributed by atoms with van der Waals surface area (Å²) in [6, 6.07) is 0.654. The number of nitrogens with one attached hydrogen (secondary N) is 1. The van der Waals surface area contributed by atoms with Crippen LogP contribution < -0.4 is 5.32 Å². The zero-order valence-electron chi connectivity index (χ0n) is 16.1. The van der Waals surface area contributed by atoms with Gasteiger partial charge in [-0.1, -0.05) is 6.42 Å². The first-order valence-corrected chi connectivity index (χ1v) is 8.81.